The summed E-state index contributed by atoms with van der Waals surface area (Å²) in [4.78, 5) is 14.9. The molecule has 3 heteroatoms. The van der Waals surface area contributed by atoms with Gasteiger partial charge < -0.3 is 10.6 Å². The zero-order valence-electron chi connectivity index (χ0n) is 12.5. The van der Waals surface area contributed by atoms with Crippen molar-refractivity contribution >= 4 is 17.3 Å². The molecular formula is C17H24N2O. The van der Waals surface area contributed by atoms with Crippen molar-refractivity contribution < 1.29 is 4.79 Å². The summed E-state index contributed by atoms with van der Waals surface area (Å²) in [5.74, 6) is 0.424. The van der Waals surface area contributed by atoms with Crippen molar-refractivity contribution in [1.29, 1.82) is 0 Å². The highest BCUT2D eigenvalue weighted by atomic mass is 16.2. The lowest BCUT2D eigenvalue weighted by molar-refractivity contribution is -0.127. The Morgan fingerprint density at radius 1 is 1.35 bits per heavy atom. The number of carbonyl (C=O) groups excluding carboxylic acids is 1. The Kier molecular flexibility index (Phi) is 3.23. The molecule has 20 heavy (non-hydrogen) atoms. The Morgan fingerprint density at radius 2 is 2.15 bits per heavy atom. The predicted octanol–water partition coefficient (Wildman–Crippen LogP) is 3.37. The molecule has 1 aromatic carbocycles. The zero-order valence-corrected chi connectivity index (χ0v) is 12.5. The monoisotopic (exact) mass is 272 g/mol. The first-order chi connectivity index (χ1) is 9.50. The number of benzene rings is 1. The molecule has 0 saturated heterocycles. The Bertz CT molecular complexity index is 536. The SMILES string of the molecule is CC1(C)CCCCC1C(=O)N1CCc2cccc(N)c21. The number of fused-ring (bicyclic) bond motifs is 1. The van der Waals surface area contributed by atoms with Gasteiger partial charge >= 0.3 is 0 Å². The Hall–Kier alpha value is -1.51. The minimum Gasteiger partial charge on any atom is -0.397 e. The molecule has 1 unspecified atom stereocenters. The van der Waals surface area contributed by atoms with Gasteiger partial charge in [0.1, 0.15) is 0 Å². The van der Waals surface area contributed by atoms with Crippen LogP contribution in [-0.2, 0) is 11.2 Å². The molecule has 0 spiro atoms. The molecule has 1 heterocycles. The third kappa shape index (κ3) is 2.09. The number of amides is 1. The maximum atomic E-state index is 13.0. The predicted molar refractivity (Wildman–Crippen MR) is 82.7 cm³/mol. The maximum Gasteiger partial charge on any atom is 0.230 e. The summed E-state index contributed by atoms with van der Waals surface area (Å²) >= 11 is 0. The van der Waals surface area contributed by atoms with Gasteiger partial charge in [0, 0.05) is 12.5 Å². The summed E-state index contributed by atoms with van der Waals surface area (Å²) in [5, 5.41) is 0. The summed E-state index contributed by atoms with van der Waals surface area (Å²) in [7, 11) is 0. The summed E-state index contributed by atoms with van der Waals surface area (Å²) in [6.07, 6.45) is 5.51. The number of nitrogen functional groups attached to an aromatic ring is 1. The van der Waals surface area contributed by atoms with Crippen LogP contribution in [-0.4, -0.2) is 12.5 Å². The fourth-order valence-corrected chi connectivity index (χ4v) is 3.85. The molecule has 2 aliphatic rings. The Morgan fingerprint density at radius 3 is 2.90 bits per heavy atom. The molecule has 1 fully saturated rings. The van der Waals surface area contributed by atoms with Crippen LogP contribution in [0.25, 0.3) is 0 Å². The van der Waals surface area contributed by atoms with Gasteiger partial charge in [0.15, 0.2) is 0 Å². The highest BCUT2D eigenvalue weighted by Gasteiger charge is 2.41. The molecule has 1 aliphatic heterocycles. The van der Waals surface area contributed by atoms with Gasteiger partial charge in [-0.15, -0.1) is 0 Å². The largest absolute Gasteiger partial charge is 0.397 e. The van der Waals surface area contributed by atoms with Gasteiger partial charge in [0.2, 0.25) is 5.91 Å². The van der Waals surface area contributed by atoms with E-state index in [1.54, 1.807) is 0 Å². The van der Waals surface area contributed by atoms with Crippen molar-refractivity contribution in [1.82, 2.24) is 0 Å². The number of carbonyl (C=O) groups is 1. The van der Waals surface area contributed by atoms with Gasteiger partial charge in [0.25, 0.3) is 0 Å². The fraction of sp³-hybridized carbons (Fsp3) is 0.588. The average molecular weight is 272 g/mol. The Labute approximate surface area is 121 Å². The van der Waals surface area contributed by atoms with Gasteiger partial charge in [-0.3, -0.25) is 4.79 Å². The second-order valence-electron chi connectivity index (χ2n) is 6.88. The first-order valence-corrected chi connectivity index (χ1v) is 7.69. The minimum atomic E-state index is 0.113. The van der Waals surface area contributed by atoms with Crippen molar-refractivity contribution in [3.05, 3.63) is 23.8 Å². The molecule has 3 rings (SSSR count). The third-order valence-corrected chi connectivity index (χ3v) is 5.10. The number of hydrogen-bond acceptors (Lipinski definition) is 2. The van der Waals surface area contributed by atoms with Gasteiger partial charge in [-0.1, -0.05) is 38.8 Å². The van der Waals surface area contributed by atoms with E-state index in [0.717, 1.165) is 37.2 Å². The molecule has 0 radical (unpaired) electrons. The summed E-state index contributed by atoms with van der Waals surface area (Å²) in [6, 6.07) is 5.97. The van der Waals surface area contributed by atoms with Crippen molar-refractivity contribution in [2.45, 2.75) is 46.0 Å². The van der Waals surface area contributed by atoms with Crippen molar-refractivity contribution in [3.8, 4) is 0 Å². The fourth-order valence-electron chi connectivity index (χ4n) is 3.85. The van der Waals surface area contributed by atoms with Crippen LogP contribution in [0.1, 0.15) is 45.1 Å². The van der Waals surface area contributed by atoms with Gasteiger partial charge in [-0.25, -0.2) is 0 Å². The van der Waals surface area contributed by atoms with Crippen molar-refractivity contribution in [2.75, 3.05) is 17.2 Å². The van der Waals surface area contributed by atoms with E-state index in [-0.39, 0.29) is 17.2 Å². The molecule has 3 nitrogen and oxygen atoms in total. The van der Waals surface area contributed by atoms with Crippen LogP contribution in [0.5, 0.6) is 0 Å². The second kappa shape index (κ2) is 4.80. The molecule has 108 valence electrons. The van der Waals surface area contributed by atoms with Crippen LogP contribution >= 0.6 is 0 Å². The zero-order chi connectivity index (χ0) is 14.3. The quantitative estimate of drug-likeness (QED) is 0.797. The smallest absolute Gasteiger partial charge is 0.230 e. The summed E-state index contributed by atoms with van der Waals surface area (Å²) < 4.78 is 0. The summed E-state index contributed by atoms with van der Waals surface area (Å²) in [5.41, 5.74) is 9.14. The highest BCUT2D eigenvalue weighted by molar-refractivity contribution is 6.00. The molecule has 1 saturated carbocycles. The first kappa shape index (κ1) is 13.5. The molecule has 0 aromatic heterocycles. The van der Waals surface area contributed by atoms with Crippen LogP contribution in [0.2, 0.25) is 0 Å². The summed E-state index contributed by atoms with van der Waals surface area (Å²) in [6.45, 7) is 5.26. The van der Waals surface area contributed by atoms with Crippen molar-refractivity contribution in [2.24, 2.45) is 11.3 Å². The van der Waals surface area contributed by atoms with E-state index in [1.165, 1.54) is 18.4 Å². The lowest BCUT2D eigenvalue weighted by atomic mass is 9.68. The highest BCUT2D eigenvalue weighted by Crippen LogP contribution is 2.44. The van der Waals surface area contributed by atoms with Gasteiger partial charge in [-0.05, 0) is 36.3 Å². The van der Waals surface area contributed by atoms with Gasteiger partial charge in [0.05, 0.1) is 11.4 Å². The molecule has 1 aromatic rings. The third-order valence-electron chi connectivity index (χ3n) is 5.10. The molecule has 1 atom stereocenters. The van der Waals surface area contributed by atoms with E-state index in [2.05, 4.69) is 19.9 Å². The van der Waals surface area contributed by atoms with Crippen LogP contribution in [0.15, 0.2) is 18.2 Å². The number of nitrogens with zero attached hydrogens (tertiary/aromatic N) is 1. The van der Waals surface area contributed by atoms with E-state index in [4.69, 9.17) is 5.73 Å². The van der Waals surface area contributed by atoms with Crippen LogP contribution in [0.4, 0.5) is 11.4 Å². The Balaban J connectivity index is 1.90. The maximum absolute atomic E-state index is 13.0. The van der Waals surface area contributed by atoms with E-state index >= 15 is 0 Å². The topological polar surface area (TPSA) is 46.3 Å². The van der Waals surface area contributed by atoms with Crippen LogP contribution in [0, 0.1) is 11.3 Å². The molecule has 2 N–H and O–H groups in total. The lowest BCUT2D eigenvalue weighted by Crippen LogP contribution is -2.43. The van der Waals surface area contributed by atoms with Crippen molar-refractivity contribution in [3.63, 3.8) is 0 Å². The second-order valence-corrected chi connectivity index (χ2v) is 6.88. The van der Waals surface area contributed by atoms with E-state index < -0.39 is 0 Å². The number of anilines is 2. The normalized spacial score (nSPS) is 24.5. The lowest BCUT2D eigenvalue weighted by Gasteiger charge is -2.39. The molecule has 0 bridgehead atoms. The van der Waals surface area contributed by atoms with Crippen LogP contribution in [0.3, 0.4) is 0 Å². The molecular weight excluding hydrogens is 248 g/mol. The number of para-hydroxylation sites is 1. The average Bonchev–Trinajstić information content (AvgIpc) is 2.83. The first-order valence-electron chi connectivity index (χ1n) is 7.69. The van der Waals surface area contributed by atoms with Crippen LogP contribution < -0.4 is 10.6 Å². The number of rotatable bonds is 1. The number of hydrogen-bond donors (Lipinski definition) is 1. The molecule has 1 amide bonds. The molecule has 1 aliphatic carbocycles. The minimum absolute atomic E-state index is 0.113. The van der Waals surface area contributed by atoms with E-state index in [1.807, 2.05) is 17.0 Å². The standard InChI is InChI=1S/C17H24N2O/c1-17(2)10-4-3-7-13(17)16(20)19-11-9-12-6-5-8-14(18)15(12)19/h5-6,8,13H,3-4,7,9-11,18H2,1-2H3. The van der Waals surface area contributed by atoms with E-state index in [9.17, 15) is 4.79 Å². The number of nitrogens with two attached hydrogens (primary N) is 1. The van der Waals surface area contributed by atoms with Gasteiger partial charge in [-0.2, -0.15) is 0 Å². The van der Waals surface area contributed by atoms with E-state index in [0.29, 0.717) is 0 Å².